The quantitative estimate of drug-likeness (QED) is 0.916. The van der Waals surface area contributed by atoms with Crippen molar-refractivity contribution in [3.63, 3.8) is 0 Å². The molecule has 94 valence electrons. The average molecular weight is 256 g/mol. The summed E-state index contributed by atoms with van der Waals surface area (Å²) in [5, 5.41) is 8.64. The van der Waals surface area contributed by atoms with E-state index in [1.165, 1.54) is 24.3 Å². The van der Waals surface area contributed by atoms with Gasteiger partial charge in [-0.25, -0.2) is 4.39 Å². The van der Waals surface area contributed by atoms with Crippen LogP contribution in [0.4, 0.5) is 4.39 Å². The summed E-state index contributed by atoms with van der Waals surface area (Å²) in [6, 6.07) is 11.9. The molecule has 0 saturated carbocycles. The van der Waals surface area contributed by atoms with Gasteiger partial charge in [0.2, 0.25) is 0 Å². The van der Waals surface area contributed by atoms with E-state index in [2.05, 4.69) is 0 Å². The SMILES string of the molecule is N#Cc1ccc(Oc2ccccc2C(N)=O)c(F)c1. The summed E-state index contributed by atoms with van der Waals surface area (Å²) in [7, 11) is 0. The lowest BCUT2D eigenvalue weighted by Crippen LogP contribution is -2.12. The number of primary amides is 1. The number of benzene rings is 2. The highest BCUT2D eigenvalue weighted by molar-refractivity contribution is 5.95. The van der Waals surface area contributed by atoms with Crippen LogP contribution < -0.4 is 10.5 Å². The summed E-state index contributed by atoms with van der Waals surface area (Å²) in [4.78, 5) is 11.2. The van der Waals surface area contributed by atoms with Gasteiger partial charge in [0.1, 0.15) is 5.75 Å². The fourth-order valence-corrected chi connectivity index (χ4v) is 1.53. The van der Waals surface area contributed by atoms with Crippen molar-refractivity contribution in [3.8, 4) is 17.6 Å². The van der Waals surface area contributed by atoms with Gasteiger partial charge in [0.15, 0.2) is 11.6 Å². The van der Waals surface area contributed by atoms with Crippen LogP contribution in [-0.2, 0) is 0 Å². The second-order valence-corrected chi connectivity index (χ2v) is 3.72. The Labute approximate surface area is 108 Å². The average Bonchev–Trinajstić information content (AvgIpc) is 2.41. The molecule has 0 saturated heterocycles. The lowest BCUT2D eigenvalue weighted by atomic mass is 10.2. The predicted molar refractivity (Wildman–Crippen MR) is 66.1 cm³/mol. The Morgan fingerprint density at radius 1 is 1.21 bits per heavy atom. The summed E-state index contributed by atoms with van der Waals surface area (Å²) < 4.78 is 19.0. The van der Waals surface area contributed by atoms with E-state index in [-0.39, 0.29) is 22.6 Å². The summed E-state index contributed by atoms with van der Waals surface area (Å²) in [6.07, 6.45) is 0. The van der Waals surface area contributed by atoms with Crippen molar-refractivity contribution >= 4 is 5.91 Å². The van der Waals surface area contributed by atoms with Gasteiger partial charge in [0, 0.05) is 0 Å². The number of halogens is 1. The molecule has 2 N–H and O–H groups in total. The minimum atomic E-state index is -0.682. The number of para-hydroxylation sites is 1. The van der Waals surface area contributed by atoms with Crippen LogP contribution in [0.1, 0.15) is 15.9 Å². The molecule has 0 spiro atoms. The fourth-order valence-electron chi connectivity index (χ4n) is 1.53. The van der Waals surface area contributed by atoms with E-state index in [9.17, 15) is 9.18 Å². The molecule has 5 heteroatoms. The third-order valence-electron chi connectivity index (χ3n) is 2.43. The van der Waals surface area contributed by atoms with Crippen LogP contribution in [-0.4, -0.2) is 5.91 Å². The molecule has 0 aliphatic rings. The second-order valence-electron chi connectivity index (χ2n) is 3.72. The Balaban J connectivity index is 2.37. The highest BCUT2D eigenvalue weighted by Crippen LogP contribution is 2.27. The van der Waals surface area contributed by atoms with E-state index in [1.54, 1.807) is 12.1 Å². The zero-order chi connectivity index (χ0) is 13.8. The number of nitriles is 1. The third-order valence-corrected chi connectivity index (χ3v) is 2.43. The van der Waals surface area contributed by atoms with Gasteiger partial charge in [-0.15, -0.1) is 0 Å². The van der Waals surface area contributed by atoms with Gasteiger partial charge in [-0.1, -0.05) is 12.1 Å². The van der Waals surface area contributed by atoms with Gasteiger partial charge in [-0.2, -0.15) is 5.26 Å². The van der Waals surface area contributed by atoms with Crippen LogP contribution in [0.25, 0.3) is 0 Å². The van der Waals surface area contributed by atoms with E-state index >= 15 is 0 Å². The smallest absolute Gasteiger partial charge is 0.252 e. The number of carbonyl (C=O) groups is 1. The number of nitrogens with two attached hydrogens (primary N) is 1. The minimum Gasteiger partial charge on any atom is -0.453 e. The largest absolute Gasteiger partial charge is 0.453 e. The van der Waals surface area contributed by atoms with Gasteiger partial charge in [-0.05, 0) is 30.3 Å². The van der Waals surface area contributed by atoms with Crippen LogP contribution in [0.3, 0.4) is 0 Å². The van der Waals surface area contributed by atoms with Gasteiger partial charge >= 0.3 is 0 Å². The molecule has 0 atom stereocenters. The summed E-state index contributed by atoms with van der Waals surface area (Å²) >= 11 is 0. The van der Waals surface area contributed by atoms with Gasteiger partial charge in [0.05, 0.1) is 17.2 Å². The lowest BCUT2D eigenvalue weighted by molar-refractivity contribution is 0.0998. The number of amides is 1. The van der Waals surface area contributed by atoms with E-state index in [0.29, 0.717) is 0 Å². The molecule has 0 radical (unpaired) electrons. The molecule has 0 heterocycles. The maximum atomic E-state index is 13.7. The van der Waals surface area contributed by atoms with Crippen LogP contribution in [0.15, 0.2) is 42.5 Å². The number of ether oxygens (including phenoxy) is 1. The highest BCUT2D eigenvalue weighted by Gasteiger charge is 2.12. The molecule has 2 aromatic carbocycles. The molecule has 0 aromatic heterocycles. The van der Waals surface area contributed by atoms with Crippen molar-refractivity contribution in [3.05, 3.63) is 59.4 Å². The molecule has 0 unspecified atom stereocenters. The molecule has 4 nitrogen and oxygen atoms in total. The number of rotatable bonds is 3. The standard InChI is InChI=1S/C14H9FN2O2/c15-11-7-9(8-16)5-6-13(11)19-12-4-2-1-3-10(12)14(17)18/h1-7H,(H2,17,18). The van der Waals surface area contributed by atoms with E-state index in [1.807, 2.05) is 6.07 Å². The summed E-state index contributed by atoms with van der Waals surface area (Å²) in [5.41, 5.74) is 5.54. The molecule has 2 aromatic rings. The Hall–Kier alpha value is -2.87. The molecule has 2 rings (SSSR count). The minimum absolute atomic E-state index is 0.0762. The summed E-state index contributed by atoms with van der Waals surface area (Å²) in [5.74, 6) is -1.26. The Bertz CT molecular complexity index is 677. The van der Waals surface area contributed by atoms with E-state index in [0.717, 1.165) is 6.07 Å². The predicted octanol–water partition coefficient (Wildman–Crippen LogP) is 2.59. The first-order valence-corrected chi connectivity index (χ1v) is 5.38. The molecule has 19 heavy (non-hydrogen) atoms. The van der Waals surface area contributed by atoms with Crippen molar-refractivity contribution < 1.29 is 13.9 Å². The van der Waals surface area contributed by atoms with Gasteiger partial charge in [0.25, 0.3) is 5.91 Å². The molecular weight excluding hydrogens is 247 g/mol. The zero-order valence-corrected chi connectivity index (χ0v) is 9.76. The maximum absolute atomic E-state index is 13.7. The maximum Gasteiger partial charge on any atom is 0.252 e. The van der Waals surface area contributed by atoms with Crippen LogP contribution in [0.2, 0.25) is 0 Å². The first kappa shape index (κ1) is 12.6. The summed E-state index contributed by atoms with van der Waals surface area (Å²) in [6.45, 7) is 0. The monoisotopic (exact) mass is 256 g/mol. The zero-order valence-electron chi connectivity index (χ0n) is 9.76. The van der Waals surface area contributed by atoms with E-state index < -0.39 is 11.7 Å². The van der Waals surface area contributed by atoms with Crippen molar-refractivity contribution in [1.29, 1.82) is 5.26 Å². The van der Waals surface area contributed by atoms with Crippen molar-refractivity contribution in [2.75, 3.05) is 0 Å². The van der Waals surface area contributed by atoms with Crippen LogP contribution in [0.5, 0.6) is 11.5 Å². The molecular formula is C14H9FN2O2. The number of nitrogens with zero attached hydrogens (tertiary/aromatic N) is 1. The lowest BCUT2D eigenvalue weighted by Gasteiger charge is -2.09. The first-order valence-electron chi connectivity index (χ1n) is 5.38. The molecule has 1 amide bonds. The molecule has 0 bridgehead atoms. The number of hydrogen-bond acceptors (Lipinski definition) is 3. The second kappa shape index (κ2) is 5.19. The Morgan fingerprint density at radius 2 is 1.95 bits per heavy atom. The van der Waals surface area contributed by atoms with Crippen molar-refractivity contribution in [1.82, 2.24) is 0 Å². The van der Waals surface area contributed by atoms with Crippen LogP contribution in [0, 0.1) is 17.1 Å². The van der Waals surface area contributed by atoms with Crippen molar-refractivity contribution in [2.45, 2.75) is 0 Å². The molecule has 0 aliphatic carbocycles. The van der Waals surface area contributed by atoms with E-state index in [4.69, 9.17) is 15.7 Å². The molecule has 0 fully saturated rings. The van der Waals surface area contributed by atoms with Gasteiger partial charge in [-0.3, -0.25) is 4.79 Å². The highest BCUT2D eigenvalue weighted by atomic mass is 19.1. The van der Waals surface area contributed by atoms with Crippen molar-refractivity contribution in [2.24, 2.45) is 5.73 Å². The Kier molecular flexibility index (Phi) is 3.44. The fraction of sp³-hybridized carbons (Fsp3) is 0. The number of hydrogen-bond donors (Lipinski definition) is 1. The van der Waals surface area contributed by atoms with Crippen LogP contribution >= 0.6 is 0 Å². The van der Waals surface area contributed by atoms with Gasteiger partial charge < -0.3 is 10.5 Å². The Morgan fingerprint density at radius 3 is 2.58 bits per heavy atom. The normalized spacial score (nSPS) is 9.68. The first-order chi connectivity index (χ1) is 9.11. The third kappa shape index (κ3) is 2.69. The number of carbonyl (C=O) groups excluding carboxylic acids is 1. The molecule has 0 aliphatic heterocycles. The topological polar surface area (TPSA) is 76.1 Å².